The minimum Gasteiger partial charge on any atom is -0.394 e. The number of rotatable bonds is 12. The van der Waals surface area contributed by atoms with E-state index >= 15 is 4.39 Å². The van der Waals surface area contributed by atoms with Gasteiger partial charge in [-0.3, -0.25) is 29.0 Å². The Morgan fingerprint density at radius 2 is 2.31 bits per heavy atom. The molecule has 0 spiro atoms. The number of hydrogen-bond acceptors (Lipinski definition) is 11. The zero-order chi connectivity index (χ0) is 26.5. The number of anilines is 1. The Bertz CT molecular complexity index is 1250. The summed E-state index contributed by atoms with van der Waals surface area (Å²) in [4.78, 5) is 35.1. The van der Waals surface area contributed by atoms with Crippen molar-refractivity contribution in [3.05, 3.63) is 29.3 Å². The minimum atomic E-state index is -3.56. The Morgan fingerprint density at radius 3 is 2.94 bits per heavy atom. The Morgan fingerprint density at radius 1 is 1.56 bits per heavy atom. The number of fused-ring (bicyclic) bond motifs is 1. The van der Waals surface area contributed by atoms with E-state index in [0.29, 0.717) is 0 Å². The molecule has 3 rings (SSSR count). The van der Waals surface area contributed by atoms with Gasteiger partial charge in [0.1, 0.15) is 12.2 Å². The number of nitrogens with zero attached hydrogens (tertiary/aromatic N) is 4. The van der Waals surface area contributed by atoms with Crippen LogP contribution in [0.1, 0.15) is 26.5 Å². The quantitative estimate of drug-likeness (QED) is 0.201. The predicted molar refractivity (Wildman–Crippen MR) is 129 cm³/mol. The minimum absolute atomic E-state index is 0.00238. The molecule has 0 saturated carbocycles. The summed E-state index contributed by atoms with van der Waals surface area (Å²) in [5.41, 5.74) is -0.829. The highest BCUT2D eigenvalue weighted by molar-refractivity contribution is 8.07. The zero-order valence-corrected chi connectivity index (χ0v) is 21.2. The fraction of sp³-hybridized carbons (Fsp3) is 0.550. The maximum atomic E-state index is 15.7. The van der Waals surface area contributed by atoms with E-state index in [1.165, 1.54) is 6.08 Å². The normalized spacial score (nSPS) is 23.4. The number of H-pyrrole nitrogens is 1. The molecule has 196 valence electrons. The van der Waals surface area contributed by atoms with Gasteiger partial charge in [-0.15, -0.1) is 6.58 Å². The van der Waals surface area contributed by atoms with Crippen LogP contribution < -0.4 is 10.9 Å². The van der Waals surface area contributed by atoms with Crippen molar-refractivity contribution < 1.29 is 32.6 Å². The van der Waals surface area contributed by atoms with Gasteiger partial charge >= 0.3 is 6.72 Å². The number of carbonyl (C=O) groups is 1. The van der Waals surface area contributed by atoms with Gasteiger partial charge < -0.3 is 18.9 Å². The van der Waals surface area contributed by atoms with E-state index in [-0.39, 0.29) is 48.6 Å². The molecular formula is C20H26FN6O7PS. The largest absolute Gasteiger partial charge is 0.394 e. The molecule has 1 fully saturated rings. The second-order valence-corrected chi connectivity index (χ2v) is 10.9. The number of aromatic nitrogens is 4. The third kappa shape index (κ3) is 6.22. The van der Waals surface area contributed by atoms with E-state index in [1.54, 1.807) is 13.8 Å². The second-order valence-electron chi connectivity index (χ2n) is 7.92. The number of nitriles is 1. The third-order valence-corrected chi connectivity index (χ3v) is 7.34. The first-order valence-electron chi connectivity index (χ1n) is 10.9. The van der Waals surface area contributed by atoms with Crippen LogP contribution in [0.15, 0.2) is 23.8 Å². The first-order valence-corrected chi connectivity index (χ1v) is 13.4. The monoisotopic (exact) mass is 544 g/mol. The number of nitrogens with one attached hydrogen (secondary N) is 2. The lowest BCUT2D eigenvalue weighted by Crippen LogP contribution is -2.33. The fourth-order valence-corrected chi connectivity index (χ4v) is 5.27. The standard InChI is InChI=1S/C20H26FN6O7PS/c1-4-7-31-35(36,32-8-5-6-22)34-15-12(9-28)33-19(13(15)21)27-10-23-14-16(27)24-20(26-18(14)30)25-17(29)11(2)3/h4,10-13,15,19,28H,1,5,7-9H2,2-3H3,(H2,24,25,26,29,30)/t12?,13-,15-,19?,35?/m1/s1. The maximum absolute atomic E-state index is 15.7. The van der Waals surface area contributed by atoms with E-state index in [9.17, 15) is 14.7 Å². The third-order valence-electron chi connectivity index (χ3n) is 4.98. The van der Waals surface area contributed by atoms with Gasteiger partial charge in [-0.05, 0) is 11.8 Å². The van der Waals surface area contributed by atoms with Crippen LogP contribution in [-0.4, -0.2) is 68.7 Å². The summed E-state index contributed by atoms with van der Waals surface area (Å²) in [7, 11) is 0. The molecule has 0 radical (unpaired) electrons. The number of imidazole rings is 1. The van der Waals surface area contributed by atoms with E-state index in [0.717, 1.165) is 10.9 Å². The molecule has 0 aromatic carbocycles. The van der Waals surface area contributed by atoms with E-state index in [2.05, 4.69) is 26.8 Å². The molecule has 1 aliphatic rings. The van der Waals surface area contributed by atoms with Crippen LogP contribution in [0.3, 0.4) is 0 Å². The number of alkyl halides is 1. The molecule has 2 aromatic heterocycles. The summed E-state index contributed by atoms with van der Waals surface area (Å²) in [5, 5.41) is 21.1. The summed E-state index contributed by atoms with van der Waals surface area (Å²) in [6.45, 7) is 2.51. The van der Waals surface area contributed by atoms with Crippen molar-refractivity contribution in [3.8, 4) is 6.07 Å². The smallest absolute Gasteiger partial charge is 0.327 e. The first-order chi connectivity index (χ1) is 17.1. The van der Waals surface area contributed by atoms with Crippen molar-refractivity contribution in [3.63, 3.8) is 0 Å². The fourth-order valence-electron chi connectivity index (χ4n) is 3.22. The Balaban J connectivity index is 1.91. The molecule has 3 heterocycles. The van der Waals surface area contributed by atoms with Crippen molar-refractivity contribution in [2.75, 3.05) is 25.1 Å². The summed E-state index contributed by atoms with van der Waals surface area (Å²) in [5.74, 6) is -0.917. The molecule has 0 bridgehead atoms. The Kier molecular flexibility index (Phi) is 9.42. The molecule has 13 nitrogen and oxygen atoms in total. The average molecular weight is 545 g/mol. The van der Waals surface area contributed by atoms with Crippen molar-refractivity contribution in [2.45, 2.75) is 44.9 Å². The van der Waals surface area contributed by atoms with Crippen LogP contribution in [0, 0.1) is 17.2 Å². The SMILES string of the molecule is C=CCOP(=S)(OCCC#N)O[C@@H]1C(CO)OC(n2cnc3c(=O)[nH]c(NC(=O)C(C)C)nc32)[C@@H]1F. The lowest BCUT2D eigenvalue weighted by molar-refractivity contribution is -0.118. The topological polar surface area (TPSA) is 174 Å². The summed E-state index contributed by atoms with van der Waals surface area (Å²) >= 11 is 5.35. The van der Waals surface area contributed by atoms with Gasteiger partial charge in [-0.2, -0.15) is 10.2 Å². The molecule has 3 unspecified atom stereocenters. The van der Waals surface area contributed by atoms with Crippen LogP contribution in [0.4, 0.5) is 10.3 Å². The molecule has 1 aliphatic heterocycles. The van der Waals surface area contributed by atoms with Crippen molar-refractivity contribution in [1.29, 1.82) is 5.26 Å². The van der Waals surface area contributed by atoms with Gasteiger partial charge in [-0.25, -0.2) is 9.37 Å². The van der Waals surface area contributed by atoms with E-state index < -0.39 is 43.5 Å². The van der Waals surface area contributed by atoms with Crippen LogP contribution in [-0.2, 0) is 34.9 Å². The molecule has 36 heavy (non-hydrogen) atoms. The highest BCUT2D eigenvalue weighted by Gasteiger charge is 2.50. The second kappa shape index (κ2) is 12.1. The number of halogens is 1. The molecule has 2 aromatic rings. The van der Waals surface area contributed by atoms with Crippen LogP contribution in [0.2, 0.25) is 0 Å². The molecule has 16 heteroatoms. The van der Waals surface area contributed by atoms with Gasteiger partial charge in [0, 0.05) is 5.92 Å². The van der Waals surface area contributed by atoms with Crippen molar-refractivity contribution >= 4 is 41.5 Å². The van der Waals surface area contributed by atoms with Crippen molar-refractivity contribution in [1.82, 2.24) is 19.5 Å². The summed E-state index contributed by atoms with van der Waals surface area (Å²) in [6, 6.07) is 1.89. The Hall–Kier alpha value is -2.57. The molecule has 1 saturated heterocycles. The lowest BCUT2D eigenvalue weighted by atomic mass is 10.1. The zero-order valence-electron chi connectivity index (χ0n) is 19.5. The van der Waals surface area contributed by atoms with E-state index in [1.807, 2.05) is 6.07 Å². The summed E-state index contributed by atoms with van der Waals surface area (Å²) < 4.78 is 39.2. The highest BCUT2D eigenvalue weighted by Crippen LogP contribution is 2.54. The highest BCUT2D eigenvalue weighted by atomic mass is 32.5. The number of carbonyl (C=O) groups excluding carboxylic acids is 1. The van der Waals surface area contributed by atoms with Gasteiger partial charge in [0.05, 0.1) is 38.6 Å². The molecule has 1 amide bonds. The molecule has 5 atom stereocenters. The van der Waals surface area contributed by atoms with Crippen LogP contribution in [0.5, 0.6) is 0 Å². The number of aliphatic hydroxyl groups excluding tert-OH is 1. The molecular weight excluding hydrogens is 518 g/mol. The number of ether oxygens (including phenoxy) is 1. The first kappa shape index (κ1) is 28.0. The van der Waals surface area contributed by atoms with Crippen LogP contribution in [0.25, 0.3) is 11.2 Å². The van der Waals surface area contributed by atoms with Crippen molar-refractivity contribution in [2.24, 2.45) is 5.92 Å². The van der Waals surface area contributed by atoms with E-state index in [4.69, 9.17) is 35.4 Å². The number of hydrogen-bond donors (Lipinski definition) is 3. The number of aliphatic hydroxyl groups is 1. The van der Waals surface area contributed by atoms with Gasteiger partial charge in [0.2, 0.25) is 11.9 Å². The summed E-state index contributed by atoms with van der Waals surface area (Å²) in [6.07, 6.45) is -3.38. The molecule has 0 aliphatic carbocycles. The predicted octanol–water partition coefficient (Wildman–Crippen LogP) is 1.68. The number of aromatic amines is 1. The van der Waals surface area contributed by atoms with Gasteiger partial charge in [0.25, 0.3) is 5.56 Å². The van der Waals surface area contributed by atoms with Gasteiger partial charge in [0.15, 0.2) is 23.6 Å². The number of amides is 1. The average Bonchev–Trinajstić information content (AvgIpc) is 3.39. The van der Waals surface area contributed by atoms with Crippen LogP contribution >= 0.6 is 6.72 Å². The lowest BCUT2D eigenvalue weighted by Gasteiger charge is -2.27. The maximum Gasteiger partial charge on any atom is 0.327 e. The molecule has 3 N–H and O–H groups in total. The van der Waals surface area contributed by atoms with Gasteiger partial charge in [-0.1, -0.05) is 19.9 Å². The Labute approximate surface area is 210 Å².